The van der Waals surface area contributed by atoms with Crippen molar-refractivity contribution < 1.29 is 8.42 Å². The number of anilines is 1. The fraction of sp³-hybridized carbons (Fsp3) is 0.615. The number of nitrogens with one attached hydrogen (secondary N) is 2. The van der Waals surface area contributed by atoms with Crippen molar-refractivity contribution in [2.24, 2.45) is 5.92 Å². The van der Waals surface area contributed by atoms with Gasteiger partial charge in [-0.25, -0.2) is 18.1 Å². The molecule has 1 rings (SSSR count). The lowest BCUT2D eigenvalue weighted by Crippen LogP contribution is -2.29. The summed E-state index contributed by atoms with van der Waals surface area (Å²) in [5.41, 5.74) is 0. The second-order valence-corrected chi connectivity index (χ2v) is 6.21. The van der Waals surface area contributed by atoms with Crippen LogP contribution in [0.15, 0.2) is 23.2 Å². The zero-order valence-corrected chi connectivity index (χ0v) is 12.6. The molecule has 0 fully saturated rings. The van der Waals surface area contributed by atoms with Gasteiger partial charge in [0.1, 0.15) is 10.7 Å². The summed E-state index contributed by atoms with van der Waals surface area (Å²) < 4.78 is 26.8. The number of rotatable bonds is 8. The van der Waals surface area contributed by atoms with Crippen molar-refractivity contribution >= 4 is 15.8 Å². The normalized spacial score (nSPS) is 11.8. The molecule has 0 aliphatic heterocycles. The van der Waals surface area contributed by atoms with E-state index in [-0.39, 0.29) is 4.90 Å². The van der Waals surface area contributed by atoms with E-state index < -0.39 is 10.0 Å². The van der Waals surface area contributed by atoms with Gasteiger partial charge in [-0.1, -0.05) is 26.7 Å². The van der Waals surface area contributed by atoms with Gasteiger partial charge < -0.3 is 5.32 Å². The van der Waals surface area contributed by atoms with Gasteiger partial charge in [-0.2, -0.15) is 0 Å². The summed E-state index contributed by atoms with van der Waals surface area (Å²) in [4.78, 5) is 4.28. The van der Waals surface area contributed by atoms with Gasteiger partial charge in [0.05, 0.1) is 0 Å². The summed E-state index contributed by atoms with van der Waals surface area (Å²) >= 11 is 0. The first kappa shape index (κ1) is 15.9. The number of hydrogen-bond donors (Lipinski definition) is 2. The summed E-state index contributed by atoms with van der Waals surface area (Å²) in [7, 11) is -3.45. The Kier molecular flexibility index (Phi) is 6.24. The number of aromatic nitrogens is 1. The van der Waals surface area contributed by atoms with E-state index in [1.807, 2.05) is 6.92 Å². The average Bonchev–Trinajstić information content (AvgIpc) is 2.41. The first-order chi connectivity index (χ1) is 9.03. The van der Waals surface area contributed by atoms with Crippen LogP contribution in [0.3, 0.4) is 0 Å². The summed E-state index contributed by atoms with van der Waals surface area (Å²) in [6.45, 7) is 7.32. The van der Waals surface area contributed by atoms with Gasteiger partial charge in [0.25, 0.3) is 0 Å². The van der Waals surface area contributed by atoms with E-state index in [1.165, 1.54) is 6.20 Å². The van der Waals surface area contributed by atoms with E-state index in [1.54, 1.807) is 12.1 Å². The molecule has 0 amide bonds. The molecule has 0 aliphatic rings. The van der Waals surface area contributed by atoms with Gasteiger partial charge in [-0.15, -0.1) is 0 Å². The molecule has 6 heteroatoms. The van der Waals surface area contributed by atoms with Crippen molar-refractivity contribution in [1.82, 2.24) is 9.71 Å². The zero-order chi connectivity index (χ0) is 14.3. The molecule has 0 spiro atoms. The van der Waals surface area contributed by atoms with Crippen LogP contribution < -0.4 is 10.0 Å². The van der Waals surface area contributed by atoms with Gasteiger partial charge >= 0.3 is 0 Å². The molecular formula is C13H23N3O2S. The van der Waals surface area contributed by atoms with Crippen LogP contribution in [0.1, 0.15) is 33.6 Å². The monoisotopic (exact) mass is 285 g/mol. The summed E-state index contributed by atoms with van der Waals surface area (Å²) in [5, 5.41) is 3.03. The maximum absolute atomic E-state index is 12.1. The molecule has 0 bridgehead atoms. The number of sulfonamides is 1. The smallest absolute Gasteiger partial charge is 0.242 e. The second-order valence-electron chi connectivity index (χ2n) is 4.44. The fourth-order valence-electron chi connectivity index (χ4n) is 1.71. The molecule has 0 aliphatic carbocycles. The van der Waals surface area contributed by atoms with Crippen LogP contribution in [0.2, 0.25) is 0 Å². The minimum Gasteiger partial charge on any atom is -0.370 e. The number of hydrogen-bond acceptors (Lipinski definition) is 4. The van der Waals surface area contributed by atoms with E-state index in [0.29, 0.717) is 18.3 Å². The Morgan fingerprint density at radius 3 is 2.37 bits per heavy atom. The van der Waals surface area contributed by atoms with Gasteiger partial charge in [0.2, 0.25) is 10.0 Å². The second kappa shape index (κ2) is 7.45. The third-order valence-corrected chi connectivity index (χ3v) is 4.53. The van der Waals surface area contributed by atoms with E-state index in [2.05, 4.69) is 28.9 Å². The van der Waals surface area contributed by atoms with E-state index in [0.717, 1.165) is 19.4 Å². The lowest BCUT2D eigenvalue weighted by molar-refractivity contribution is 0.479. The highest BCUT2D eigenvalue weighted by Gasteiger charge is 2.15. The fourth-order valence-corrected chi connectivity index (χ4v) is 2.77. The molecule has 1 aromatic heterocycles. The van der Waals surface area contributed by atoms with Crippen molar-refractivity contribution in [3.63, 3.8) is 0 Å². The van der Waals surface area contributed by atoms with E-state index in [9.17, 15) is 8.42 Å². The van der Waals surface area contributed by atoms with Crippen LogP contribution >= 0.6 is 0 Å². The summed E-state index contributed by atoms with van der Waals surface area (Å²) in [5.74, 6) is 1.06. The van der Waals surface area contributed by atoms with Gasteiger partial charge in [-0.05, 0) is 25.0 Å². The Hall–Kier alpha value is -1.14. The lowest BCUT2D eigenvalue weighted by Gasteiger charge is -2.13. The molecule has 0 saturated carbocycles. The van der Waals surface area contributed by atoms with Crippen LogP contribution in [0.5, 0.6) is 0 Å². The van der Waals surface area contributed by atoms with Crippen molar-refractivity contribution in [2.75, 3.05) is 18.4 Å². The molecule has 0 aromatic carbocycles. The zero-order valence-electron chi connectivity index (χ0n) is 11.8. The van der Waals surface area contributed by atoms with Crippen molar-refractivity contribution in [3.05, 3.63) is 18.3 Å². The quantitative estimate of drug-likeness (QED) is 0.768. The van der Waals surface area contributed by atoms with Gasteiger partial charge in [0.15, 0.2) is 0 Å². The molecule has 0 unspecified atom stereocenters. The Bertz CT molecular complexity index is 467. The number of pyridine rings is 1. The Labute approximate surface area is 115 Å². The molecule has 1 heterocycles. The summed E-state index contributed by atoms with van der Waals surface area (Å²) in [6.07, 6.45) is 3.32. The molecule has 0 radical (unpaired) electrons. The predicted octanol–water partition coefficient (Wildman–Crippen LogP) is 2.23. The Morgan fingerprint density at radius 2 is 1.89 bits per heavy atom. The number of nitrogens with zero attached hydrogens (tertiary/aromatic N) is 1. The van der Waals surface area contributed by atoms with E-state index >= 15 is 0 Å². The minimum atomic E-state index is -3.45. The molecule has 1 aromatic rings. The predicted molar refractivity (Wildman–Crippen MR) is 77.7 cm³/mol. The molecule has 2 N–H and O–H groups in total. The van der Waals surface area contributed by atoms with Crippen LogP contribution in [0.25, 0.3) is 0 Å². The largest absolute Gasteiger partial charge is 0.370 e. The van der Waals surface area contributed by atoms with E-state index in [4.69, 9.17) is 0 Å². The van der Waals surface area contributed by atoms with Crippen LogP contribution in [-0.2, 0) is 10.0 Å². The standard InChI is InChI=1S/C13H23N3O2S/c1-4-11(5-2)9-16-19(17,18)12-7-8-13(14-6-3)15-10-12/h7-8,10-11,16H,4-6,9H2,1-3H3,(H,14,15). The first-order valence-corrected chi connectivity index (χ1v) is 8.21. The van der Waals surface area contributed by atoms with Gasteiger partial charge in [-0.3, -0.25) is 0 Å². The third kappa shape index (κ3) is 4.80. The highest BCUT2D eigenvalue weighted by Crippen LogP contribution is 2.12. The lowest BCUT2D eigenvalue weighted by atomic mass is 10.0. The average molecular weight is 285 g/mol. The first-order valence-electron chi connectivity index (χ1n) is 6.73. The summed E-state index contributed by atoms with van der Waals surface area (Å²) in [6, 6.07) is 3.25. The van der Waals surface area contributed by atoms with Crippen LogP contribution in [0, 0.1) is 5.92 Å². The Balaban J connectivity index is 2.71. The van der Waals surface area contributed by atoms with Crippen molar-refractivity contribution in [2.45, 2.75) is 38.5 Å². The molecule has 5 nitrogen and oxygen atoms in total. The van der Waals surface area contributed by atoms with Crippen molar-refractivity contribution in [3.8, 4) is 0 Å². The SMILES string of the molecule is CCNc1ccc(S(=O)(=O)NCC(CC)CC)cn1. The maximum atomic E-state index is 12.1. The molecule has 0 atom stereocenters. The molecular weight excluding hydrogens is 262 g/mol. The Morgan fingerprint density at radius 1 is 1.21 bits per heavy atom. The third-order valence-electron chi connectivity index (χ3n) is 3.12. The highest BCUT2D eigenvalue weighted by atomic mass is 32.2. The molecule has 19 heavy (non-hydrogen) atoms. The minimum absolute atomic E-state index is 0.208. The molecule has 108 valence electrons. The van der Waals surface area contributed by atoms with Crippen LogP contribution in [-0.4, -0.2) is 26.5 Å². The van der Waals surface area contributed by atoms with Crippen molar-refractivity contribution in [1.29, 1.82) is 0 Å². The van der Waals surface area contributed by atoms with Crippen LogP contribution in [0.4, 0.5) is 5.82 Å². The molecule has 0 saturated heterocycles. The maximum Gasteiger partial charge on any atom is 0.242 e. The highest BCUT2D eigenvalue weighted by molar-refractivity contribution is 7.89. The van der Waals surface area contributed by atoms with Gasteiger partial charge in [0, 0.05) is 19.3 Å². The topological polar surface area (TPSA) is 71.1 Å².